The van der Waals surface area contributed by atoms with E-state index >= 15 is 0 Å². The van der Waals surface area contributed by atoms with Crippen molar-refractivity contribution in [2.45, 2.75) is 32.5 Å². The fraction of sp³-hybridized carbons (Fsp3) is 0.700. The molecule has 0 amide bonds. The molecule has 0 aromatic heterocycles. The van der Waals surface area contributed by atoms with Gasteiger partial charge in [0.25, 0.3) is 0 Å². The Morgan fingerprint density at radius 1 is 1.43 bits per heavy atom. The number of allylic oxidation sites excluding steroid dienone is 1. The maximum Gasteiger partial charge on any atom is 0.307 e. The summed E-state index contributed by atoms with van der Waals surface area (Å²) in [5, 5.41) is 0. The molecule has 0 aromatic carbocycles. The molecule has 1 aliphatic heterocycles. The van der Waals surface area contributed by atoms with Gasteiger partial charge in [-0.15, -0.1) is 0 Å². The van der Waals surface area contributed by atoms with E-state index in [0.29, 0.717) is 19.0 Å². The maximum absolute atomic E-state index is 10.9. The lowest BCUT2D eigenvalue weighted by Crippen LogP contribution is -2.31. The molecule has 1 fully saturated rings. The molecule has 2 aliphatic rings. The second-order valence-corrected chi connectivity index (χ2v) is 3.65. The minimum atomic E-state index is -0.754. The molecule has 0 aromatic rings. The van der Waals surface area contributed by atoms with E-state index in [1.807, 2.05) is 6.92 Å². The number of hydrogen-bond acceptors (Lipinski definition) is 4. The van der Waals surface area contributed by atoms with E-state index < -0.39 is 5.79 Å². The quantitative estimate of drug-likeness (QED) is 0.597. The molecule has 2 rings (SSSR count). The molecule has 14 heavy (non-hydrogen) atoms. The molecule has 0 bridgehead atoms. The van der Waals surface area contributed by atoms with Gasteiger partial charge in [-0.25, -0.2) is 0 Å². The Labute approximate surface area is 82.8 Å². The summed E-state index contributed by atoms with van der Waals surface area (Å²) in [5.41, 5.74) is 1.04. The fourth-order valence-corrected chi connectivity index (χ4v) is 1.94. The molecule has 78 valence electrons. The molecule has 1 heterocycles. The second kappa shape index (κ2) is 3.37. The molecule has 1 saturated heterocycles. The molecule has 0 unspecified atom stereocenters. The number of esters is 1. The highest BCUT2D eigenvalue weighted by Crippen LogP contribution is 2.42. The lowest BCUT2D eigenvalue weighted by molar-refractivity contribution is -0.166. The number of rotatable bonds is 1. The predicted molar refractivity (Wildman–Crippen MR) is 48.3 cm³/mol. The Hall–Kier alpha value is -0.870. The number of ether oxygens (including phenoxy) is 3. The van der Waals surface area contributed by atoms with Crippen LogP contribution in [0.3, 0.4) is 0 Å². The van der Waals surface area contributed by atoms with Gasteiger partial charge in [0.15, 0.2) is 5.76 Å². The number of hydrogen-bond donors (Lipinski definition) is 0. The molecule has 4 heteroatoms. The molecular formula is C10H14O4. The summed E-state index contributed by atoms with van der Waals surface area (Å²) in [7, 11) is 0. The second-order valence-electron chi connectivity index (χ2n) is 3.65. The van der Waals surface area contributed by atoms with Gasteiger partial charge in [0.1, 0.15) is 0 Å². The largest absolute Gasteiger partial charge is 0.425 e. The molecule has 0 saturated carbocycles. The maximum atomic E-state index is 10.9. The van der Waals surface area contributed by atoms with Crippen molar-refractivity contribution in [3.05, 3.63) is 11.3 Å². The van der Waals surface area contributed by atoms with E-state index in [0.717, 1.165) is 18.4 Å². The van der Waals surface area contributed by atoms with Crippen molar-refractivity contribution < 1.29 is 19.0 Å². The average molecular weight is 198 g/mol. The Kier molecular flexibility index (Phi) is 2.33. The Morgan fingerprint density at radius 3 is 2.64 bits per heavy atom. The lowest BCUT2D eigenvalue weighted by atomic mass is 10.2. The van der Waals surface area contributed by atoms with Crippen LogP contribution in [0.4, 0.5) is 0 Å². The van der Waals surface area contributed by atoms with E-state index in [1.54, 1.807) is 0 Å². The zero-order valence-corrected chi connectivity index (χ0v) is 8.46. The summed E-state index contributed by atoms with van der Waals surface area (Å²) in [6.45, 7) is 4.47. The third-order valence-corrected chi connectivity index (χ3v) is 2.56. The van der Waals surface area contributed by atoms with Gasteiger partial charge in [-0.3, -0.25) is 4.79 Å². The van der Waals surface area contributed by atoms with E-state index in [9.17, 15) is 4.79 Å². The lowest BCUT2D eigenvalue weighted by Gasteiger charge is -2.24. The monoisotopic (exact) mass is 198 g/mol. The van der Waals surface area contributed by atoms with Gasteiger partial charge in [-0.2, -0.15) is 0 Å². The summed E-state index contributed by atoms with van der Waals surface area (Å²) in [4.78, 5) is 10.9. The van der Waals surface area contributed by atoms with Crippen LogP contribution in [-0.2, 0) is 19.0 Å². The average Bonchev–Trinajstić information content (AvgIpc) is 2.69. The zero-order valence-electron chi connectivity index (χ0n) is 8.46. The fourth-order valence-electron chi connectivity index (χ4n) is 1.94. The summed E-state index contributed by atoms with van der Waals surface area (Å²) < 4.78 is 16.2. The van der Waals surface area contributed by atoms with Crippen molar-refractivity contribution in [3.63, 3.8) is 0 Å². The first-order valence-corrected chi connectivity index (χ1v) is 4.81. The Morgan fingerprint density at radius 2 is 2.07 bits per heavy atom. The summed E-state index contributed by atoms with van der Waals surface area (Å²) in [5.74, 6) is -0.502. The molecular weight excluding hydrogens is 184 g/mol. The normalized spacial score (nSPS) is 24.7. The van der Waals surface area contributed by atoms with Gasteiger partial charge in [0.05, 0.1) is 13.2 Å². The molecule has 0 radical (unpaired) electrons. The van der Waals surface area contributed by atoms with Crippen LogP contribution in [0.25, 0.3) is 0 Å². The van der Waals surface area contributed by atoms with Crippen molar-refractivity contribution in [3.8, 4) is 0 Å². The van der Waals surface area contributed by atoms with Crippen LogP contribution < -0.4 is 0 Å². The first kappa shape index (κ1) is 9.68. The third kappa shape index (κ3) is 1.44. The van der Waals surface area contributed by atoms with Crippen molar-refractivity contribution in [2.75, 3.05) is 13.2 Å². The zero-order chi connectivity index (χ0) is 10.2. The minimum Gasteiger partial charge on any atom is -0.425 e. The SMILES string of the molecule is CC(=O)OC1=C(C)CCC12OCCO2. The highest BCUT2D eigenvalue weighted by molar-refractivity contribution is 5.67. The molecule has 1 spiro atoms. The van der Waals surface area contributed by atoms with Gasteiger partial charge in [0.2, 0.25) is 5.79 Å². The van der Waals surface area contributed by atoms with Crippen LogP contribution >= 0.6 is 0 Å². The first-order valence-electron chi connectivity index (χ1n) is 4.81. The smallest absolute Gasteiger partial charge is 0.307 e. The van der Waals surface area contributed by atoms with Gasteiger partial charge in [-0.1, -0.05) is 0 Å². The van der Waals surface area contributed by atoms with E-state index in [-0.39, 0.29) is 5.97 Å². The van der Waals surface area contributed by atoms with Gasteiger partial charge in [-0.05, 0) is 18.9 Å². The first-order chi connectivity index (χ1) is 6.64. The topological polar surface area (TPSA) is 44.8 Å². The van der Waals surface area contributed by atoms with Crippen LogP contribution in [0.5, 0.6) is 0 Å². The van der Waals surface area contributed by atoms with Crippen molar-refractivity contribution in [1.82, 2.24) is 0 Å². The Balaban J connectivity index is 2.23. The van der Waals surface area contributed by atoms with E-state index in [2.05, 4.69) is 0 Å². The summed E-state index contributed by atoms with van der Waals surface area (Å²) >= 11 is 0. The Bertz CT molecular complexity index is 286. The van der Waals surface area contributed by atoms with Crippen LogP contribution in [0, 0.1) is 0 Å². The standard InChI is InChI=1S/C10H14O4/c1-7-3-4-10(12-5-6-13-10)9(7)14-8(2)11/h3-6H2,1-2H3. The van der Waals surface area contributed by atoms with Crippen LogP contribution in [0.1, 0.15) is 26.7 Å². The van der Waals surface area contributed by atoms with Crippen LogP contribution in [-0.4, -0.2) is 25.0 Å². The van der Waals surface area contributed by atoms with Gasteiger partial charge < -0.3 is 14.2 Å². The molecule has 1 aliphatic carbocycles. The van der Waals surface area contributed by atoms with Crippen molar-refractivity contribution in [1.29, 1.82) is 0 Å². The minimum absolute atomic E-state index is 0.320. The molecule has 0 N–H and O–H groups in total. The van der Waals surface area contributed by atoms with Crippen molar-refractivity contribution in [2.24, 2.45) is 0 Å². The summed E-state index contributed by atoms with van der Waals surface area (Å²) in [6.07, 6.45) is 1.62. The predicted octanol–water partition coefficient (Wildman–Crippen LogP) is 1.36. The van der Waals surface area contributed by atoms with Crippen LogP contribution in [0.2, 0.25) is 0 Å². The third-order valence-electron chi connectivity index (χ3n) is 2.56. The van der Waals surface area contributed by atoms with Gasteiger partial charge in [0, 0.05) is 13.3 Å². The molecule has 4 nitrogen and oxygen atoms in total. The van der Waals surface area contributed by atoms with Crippen molar-refractivity contribution >= 4 is 5.97 Å². The highest BCUT2D eigenvalue weighted by Gasteiger charge is 2.47. The highest BCUT2D eigenvalue weighted by atomic mass is 16.8. The molecule has 0 atom stereocenters. The van der Waals surface area contributed by atoms with E-state index in [1.165, 1.54) is 6.92 Å². The van der Waals surface area contributed by atoms with Crippen LogP contribution in [0.15, 0.2) is 11.3 Å². The number of carbonyl (C=O) groups is 1. The van der Waals surface area contributed by atoms with Gasteiger partial charge >= 0.3 is 5.97 Å². The summed E-state index contributed by atoms with van der Waals surface area (Å²) in [6, 6.07) is 0. The van der Waals surface area contributed by atoms with E-state index in [4.69, 9.17) is 14.2 Å². The number of carbonyl (C=O) groups excluding carboxylic acids is 1.